The molecule has 0 aliphatic heterocycles. The quantitative estimate of drug-likeness (QED) is 0.835. The summed E-state index contributed by atoms with van der Waals surface area (Å²) in [7, 11) is 1.92. The maximum Gasteiger partial charge on any atom is 0.120 e. The van der Waals surface area contributed by atoms with E-state index in [1.165, 1.54) is 0 Å². The standard InChI is InChI=1S/C12H18ClNO/c1-4-10-7-11(5-6-12(10)13)15-9(2)8-14-3/h5-7,9,14H,4,8H2,1-3H3. The summed E-state index contributed by atoms with van der Waals surface area (Å²) >= 11 is 6.03. The third-order valence-corrected chi connectivity index (χ3v) is 2.60. The van der Waals surface area contributed by atoms with Gasteiger partial charge in [-0.05, 0) is 44.2 Å². The molecule has 1 N–H and O–H groups in total. The number of aryl methyl sites for hydroxylation is 1. The fourth-order valence-corrected chi connectivity index (χ4v) is 1.71. The Balaban J connectivity index is 2.69. The molecule has 0 saturated heterocycles. The molecular formula is C12H18ClNO. The van der Waals surface area contributed by atoms with Crippen molar-refractivity contribution in [2.24, 2.45) is 0 Å². The predicted molar refractivity (Wildman–Crippen MR) is 64.8 cm³/mol. The topological polar surface area (TPSA) is 21.3 Å². The Morgan fingerprint density at radius 1 is 1.47 bits per heavy atom. The second kappa shape index (κ2) is 5.99. The molecular weight excluding hydrogens is 210 g/mol. The minimum atomic E-state index is 0.167. The van der Waals surface area contributed by atoms with E-state index in [0.29, 0.717) is 0 Å². The van der Waals surface area contributed by atoms with Gasteiger partial charge in [0, 0.05) is 11.6 Å². The summed E-state index contributed by atoms with van der Waals surface area (Å²) in [4.78, 5) is 0. The van der Waals surface area contributed by atoms with Crippen LogP contribution in [0, 0.1) is 0 Å². The summed E-state index contributed by atoms with van der Waals surface area (Å²) in [5.41, 5.74) is 1.13. The molecule has 1 rings (SSSR count). The van der Waals surface area contributed by atoms with Gasteiger partial charge in [0.1, 0.15) is 11.9 Å². The van der Waals surface area contributed by atoms with Crippen LogP contribution >= 0.6 is 11.6 Å². The summed E-state index contributed by atoms with van der Waals surface area (Å²) in [5, 5.41) is 3.89. The highest BCUT2D eigenvalue weighted by atomic mass is 35.5. The highest BCUT2D eigenvalue weighted by Gasteiger charge is 2.05. The van der Waals surface area contributed by atoms with Gasteiger partial charge in [-0.15, -0.1) is 0 Å². The van der Waals surface area contributed by atoms with Crippen LogP contribution in [-0.2, 0) is 6.42 Å². The third-order valence-electron chi connectivity index (χ3n) is 2.23. The zero-order valence-corrected chi connectivity index (χ0v) is 10.3. The van der Waals surface area contributed by atoms with Crippen molar-refractivity contribution in [3.63, 3.8) is 0 Å². The molecule has 1 atom stereocenters. The number of nitrogens with one attached hydrogen (secondary N) is 1. The SMILES string of the molecule is CCc1cc(OC(C)CNC)ccc1Cl. The lowest BCUT2D eigenvalue weighted by Gasteiger charge is -2.15. The van der Waals surface area contributed by atoms with E-state index >= 15 is 0 Å². The van der Waals surface area contributed by atoms with Crippen LogP contribution < -0.4 is 10.1 Å². The van der Waals surface area contributed by atoms with E-state index < -0.39 is 0 Å². The molecule has 1 aromatic rings. The van der Waals surface area contributed by atoms with Crippen molar-refractivity contribution in [3.8, 4) is 5.75 Å². The fraction of sp³-hybridized carbons (Fsp3) is 0.500. The summed E-state index contributed by atoms with van der Waals surface area (Å²) in [6.07, 6.45) is 1.09. The van der Waals surface area contributed by atoms with E-state index in [4.69, 9.17) is 16.3 Å². The second-order valence-electron chi connectivity index (χ2n) is 3.59. The molecule has 0 heterocycles. The Bertz CT molecular complexity index is 314. The van der Waals surface area contributed by atoms with Gasteiger partial charge in [0.05, 0.1) is 0 Å². The summed E-state index contributed by atoms with van der Waals surface area (Å²) in [5.74, 6) is 0.888. The molecule has 2 nitrogen and oxygen atoms in total. The average Bonchev–Trinajstić information content (AvgIpc) is 2.21. The number of benzene rings is 1. The Morgan fingerprint density at radius 3 is 2.80 bits per heavy atom. The molecule has 0 fully saturated rings. The molecule has 0 aliphatic rings. The van der Waals surface area contributed by atoms with Crippen molar-refractivity contribution in [1.29, 1.82) is 0 Å². The van der Waals surface area contributed by atoms with Gasteiger partial charge in [-0.25, -0.2) is 0 Å². The van der Waals surface area contributed by atoms with Gasteiger partial charge in [0.2, 0.25) is 0 Å². The maximum absolute atomic E-state index is 6.03. The smallest absolute Gasteiger partial charge is 0.120 e. The van der Waals surface area contributed by atoms with Gasteiger partial charge in [0.15, 0.2) is 0 Å². The molecule has 0 amide bonds. The summed E-state index contributed by atoms with van der Waals surface area (Å²) in [6.45, 7) is 4.96. The molecule has 0 aromatic heterocycles. The lowest BCUT2D eigenvalue weighted by atomic mass is 10.1. The van der Waals surface area contributed by atoms with E-state index in [1.807, 2.05) is 32.2 Å². The predicted octanol–water partition coefficient (Wildman–Crippen LogP) is 2.89. The second-order valence-corrected chi connectivity index (χ2v) is 4.00. The Labute approximate surface area is 96.6 Å². The van der Waals surface area contributed by atoms with Crippen LogP contribution in [0.3, 0.4) is 0 Å². The molecule has 3 heteroatoms. The van der Waals surface area contributed by atoms with Gasteiger partial charge in [-0.2, -0.15) is 0 Å². The third kappa shape index (κ3) is 3.73. The van der Waals surface area contributed by atoms with Gasteiger partial charge >= 0.3 is 0 Å². The van der Waals surface area contributed by atoms with Gasteiger partial charge < -0.3 is 10.1 Å². The number of halogens is 1. The fourth-order valence-electron chi connectivity index (χ4n) is 1.46. The zero-order chi connectivity index (χ0) is 11.3. The first kappa shape index (κ1) is 12.3. The molecule has 15 heavy (non-hydrogen) atoms. The minimum absolute atomic E-state index is 0.167. The van der Waals surface area contributed by atoms with E-state index in [0.717, 1.165) is 29.3 Å². The minimum Gasteiger partial charge on any atom is -0.489 e. The van der Waals surface area contributed by atoms with E-state index in [-0.39, 0.29) is 6.10 Å². The number of hydrogen-bond acceptors (Lipinski definition) is 2. The van der Waals surface area contributed by atoms with Crippen molar-refractivity contribution >= 4 is 11.6 Å². The van der Waals surface area contributed by atoms with Crippen molar-refractivity contribution in [2.45, 2.75) is 26.4 Å². The van der Waals surface area contributed by atoms with Crippen LogP contribution in [0.4, 0.5) is 0 Å². The molecule has 0 aliphatic carbocycles. The number of ether oxygens (including phenoxy) is 1. The highest BCUT2D eigenvalue weighted by Crippen LogP contribution is 2.23. The largest absolute Gasteiger partial charge is 0.489 e. The van der Waals surface area contributed by atoms with Crippen molar-refractivity contribution in [3.05, 3.63) is 28.8 Å². The van der Waals surface area contributed by atoms with Crippen molar-refractivity contribution in [1.82, 2.24) is 5.32 Å². The van der Waals surface area contributed by atoms with E-state index in [1.54, 1.807) is 0 Å². The lowest BCUT2D eigenvalue weighted by Crippen LogP contribution is -2.26. The zero-order valence-electron chi connectivity index (χ0n) is 9.51. The Kier molecular flexibility index (Phi) is 4.92. The molecule has 0 bridgehead atoms. The first-order chi connectivity index (χ1) is 7.17. The summed E-state index contributed by atoms with van der Waals surface area (Å²) in [6, 6.07) is 5.81. The maximum atomic E-state index is 6.03. The monoisotopic (exact) mass is 227 g/mol. The number of rotatable bonds is 5. The van der Waals surface area contributed by atoms with Crippen LogP contribution in [0.2, 0.25) is 5.02 Å². The molecule has 1 aromatic carbocycles. The van der Waals surface area contributed by atoms with Crippen LogP contribution in [0.15, 0.2) is 18.2 Å². The van der Waals surface area contributed by atoms with Crippen LogP contribution in [0.1, 0.15) is 19.4 Å². The molecule has 0 spiro atoms. The van der Waals surface area contributed by atoms with Gasteiger partial charge in [-0.3, -0.25) is 0 Å². The molecule has 1 unspecified atom stereocenters. The first-order valence-corrected chi connectivity index (χ1v) is 5.64. The normalized spacial score (nSPS) is 12.5. The van der Waals surface area contributed by atoms with Gasteiger partial charge in [-0.1, -0.05) is 18.5 Å². The first-order valence-electron chi connectivity index (χ1n) is 5.27. The molecule has 0 radical (unpaired) electrons. The number of hydrogen-bond donors (Lipinski definition) is 1. The number of likely N-dealkylation sites (N-methyl/N-ethyl adjacent to an activating group) is 1. The van der Waals surface area contributed by atoms with Crippen LogP contribution in [0.25, 0.3) is 0 Å². The van der Waals surface area contributed by atoms with Crippen molar-refractivity contribution < 1.29 is 4.74 Å². The molecule has 0 saturated carbocycles. The Morgan fingerprint density at radius 2 is 2.20 bits per heavy atom. The lowest BCUT2D eigenvalue weighted by molar-refractivity contribution is 0.220. The van der Waals surface area contributed by atoms with E-state index in [9.17, 15) is 0 Å². The van der Waals surface area contributed by atoms with Crippen molar-refractivity contribution in [2.75, 3.05) is 13.6 Å². The Hall–Kier alpha value is -0.730. The average molecular weight is 228 g/mol. The van der Waals surface area contributed by atoms with Crippen LogP contribution in [0.5, 0.6) is 5.75 Å². The van der Waals surface area contributed by atoms with E-state index in [2.05, 4.69) is 12.2 Å². The molecule has 84 valence electrons. The summed E-state index contributed by atoms with van der Waals surface area (Å²) < 4.78 is 5.73. The van der Waals surface area contributed by atoms with Crippen LogP contribution in [-0.4, -0.2) is 19.7 Å². The van der Waals surface area contributed by atoms with Gasteiger partial charge in [0.25, 0.3) is 0 Å². The highest BCUT2D eigenvalue weighted by molar-refractivity contribution is 6.31.